The first kappa shape index (κ1) is 21.1. The highest BCUT2D eigenvalue weighted by Crippen LogP contribution is 2.21. The van der Waals surface area contributed by atoms with Crippen LogP contribution >= 0.6 is 0 Å². The Bertz CT molecular complexity index is 557. The number of quaternary nitrogens is 1. The van der Waals surface area contributed by atoms with E-state index in [0.717, 1.165) is 5.56 Å². The minimum Gasteiger partial charge on any atom is -0.461 e. The minimum atomic E-state index is -0.902. The van der Waals surface area contributed by atoms with Crippen molar-refractivity contribution in [1.29, 1.82) is 0 Å². The number of esters is 1. The Morgan fingerprint density at radius 3 is 2.36 bits per heavy atom. The molecule has 1 aromatic carbocycles. The molecule has 3 atom stereocenters. The molecule has 0 aliphatic carbocycles. The van der Waals surface area contributed by atoms with Crippen molar-refractivity contribution < 1.29 is 25.2 Å². The number of hydrogen-bond donors (Lipinski definition) is 4. The molecule has 0 saturated carbocycles. The fourth-order valence-electron chi connectivity index (χ4n) is 2.30. The second-order valence-corrected chi connectivity index (χ2v) is 7.13. The van der Waals surface area contributed by atoms with Gasteiger partial charge in [0.05, 0.1) is 6.04 Å². The molecular formula is C18H30N3O4+. The Kier molecular flexibility index (Phi) is 8.02. The Morgan fingerprint density at radius 2 is 1.84 bits per heavy atom. The second-order valence-electron chi connectivity index (χ2n) is 7.13. The van der Waals surface area contributed by atoms with Crippen molar-refractivity contribution in [2.24, 2.45) is 5.41 Å². The van der Waals surface area contributed by atoms with Crippen molar-refractivity contribution in [3.05, 3.63) is 35.9 Å². The molecule has 1 amide bonds. The van der Waals surface area contributed by atoms with E-state index in [9.17, 15) is 14.7 Å². The zero-order chi connectivity index (χ0) is 19.0. The SMILES string of the molecule is CNC(O)[C@@H](NC(=O)C([NH3+])CC(=O)OCc1ccccc1)C(C)(C)C. The lowest BCUT2D eigenvalue weighted by Crippen LogP contribution is -2.70. The largest absolute Gasteiger partial charge is 0.461 e. The summed E-state index contributed by atoms with van der Waals surface area (Å²) < 4.78 is 5.17. The van der Waals surface area contributed by atoms with Gasteiger partial charge in [0.15, 0.2) is 6.04 Å². The molecule has 0 fully saturated rings. The van der Waals surface area contributed by atoms with Gasteiger partial charge in [0, 0.05) is 0 Å². The Balaban J connectivity index is 2.53. The molecule has 1 rings (SSSR count). The zero-order valence-electron chi connectivity index (χ0n) is 15.4. The third-order valence-electron chi connectivity index (χ3n) is 3.87. The number of likely N-dealkylation sites (N-methyl/N-ethyl adjacent to an activating group) is 1. The highest BCUT2D eigenvalue weighted by molar-refractivity contribution is 5.85. The van der Waals surface area contributed by atoms with Crippen LogP contribution in [0.25, 0.3) is 0 Å². The molecule has 2 unspecified atom stereocenters. The highest BCUT2D eigenvalue weighted by atomic mass is 16.5. The van der Waals surface area contributed by atoms with E-state index in [2.05, 4.69) is 16.4 Å². The molecule has 0 saturated heterocycles. The van der Waals surface area contributed by atoms with Gasteiger partial charge in [-0.2, -0.15) is 0 Å². The van der Waals surface area contributed by atoms with E-state index in [1.54, 1.807) is 7.05 Å². The van der Waals surface area contributed by atoms with Gasteiger partial charge >= 0.3 is 5.97 Å². The Hall–Kier alpha value is -1.96. The summed E-state index contributed by atoms with van der Waals surface area (Å²) in [6.07, 6.45) is -1.02. The van der Waals surface area contributed by atoms with E-state index in [0.29, 0.717) is 0 Å². The first-order chi connectivity index (χ1) is 11.6. The normalized spacial score (nSPS) is 15.1. The number of aliphatic hydroxyl groups excluding tert-OH is 1. The van der Waals surface area contributed by atoms with E-state index >= 15 is 0 Å². The summed E-state index contributed by atoms with van der Waals surface area (Å²) in [5.74, 6) is -0.883. The first-order valence-corrected chi connectivity index (χ1v) is 8.33. The van der Waals surface area contributed by atoms with Gasteiger partial charge in [-0.25, -0.2) is 0 Å². The van der Waals surface area contributed by atoms with Gasteiger partial charge in [0.2, 0.25) is 0 Å². The third-order valence-corrected chi connectivity index (χ3v) is 3.87. The fraction of sp³-hybridized carbons (Fsp3) is 0.556. The number of carbonyl (C=O) groups excluding carboxylic acids is 2. The van der Waals surface area contributed by atoms with Crippen LogP contribution in [-0.2, 0) is 20.9 Å². The van der Waals surface area contributed by atoms with E-state index < -0.39 is 30.2 Å². The van der Waals surface area contributed by atoms with Crippen molar-refractivity contribution >= 4 is 11.9 Å². The van der Waals surface area contributed by atoms with Gasteiger partial charge in [-0.1, -0.05) is 51.1 Å². The van der Waals surface area contributed by atoms with Crippen LogP contribution < -0.4 is 16.4 Å². The molecule has 140 valence electrons. The zero-order valence-corrected chi connectivity index (χ0v) is 15.4. The van der Waals surface area contributed by atoms with Crippen molar-refractivity contribution in [1.82, 2.24) is 10.6 Å². The van der Waals surface area contributed by atoms with Crippen molar-refractivity contribution in [2.45, 2.75) is 52.1 Å². The van der Waals surface area contributed by atoms with Crippen LogP contribution in [0.2, 0.25) is 0 Å². The lowest BCUT2D eigenvalue weighted by molar-refractivity contribution is -0.403. The number of ether oxygens (including phenoxy) is 1. The monoisotopic (exact) mass is 352 g/mol. The summed E-state index contributed by atoms with van der Waals surface area (Å²) >= 11 is 0. The second kappa shape index (κ2) is 9.50. The summed E-state index contributed by atoms with van der Waals surface area (Å²) in [6, 6.07) is 8.00. The molecule has 0 radical (unpaired) electrons. The van der Waals surface area contributed by atoms with Crippen LogP contribution in [-0.4, -0.2) is 42.3 Å². The van der Waals surface area contributed by atoms with Crippen molar-refractivity contribution in [2.75, 3.05) is 7.05 Å². The lowest BCUT2D eigenvalue weighted by Gasteiger charge is -2.35. The molecule has 6 N–H and O–H groups in total. The number of carbonyl (C=O) groups is 2. The molecule has 25 heavy (non-hydrogen) atoms. The smallest absolute Gasteiger partial charge is 0.312 e. The topological polar surface area (TPSA) is 115 Å². The average molecular weight is 352 g/mol. The quantitative estimate of drug-likeness (QED) is 0.382. The molecule has 0 aromatic heterocycles. The van der Waals surface area contributed by atoms with Gasteiger partial charge in [-0.3, -0.25) is 14.9 Å². The summed E-state index contributed by atoms with van der Waals surface area (Å²) in [5.41, 5.74) is 4.25. The third kappa shape index (κ3) is 7.21. The summed E-state index contributed by atoms with van der Waals surface area (Å²) in [7, 11) is 1.61. The van der Waals surface area contributed by atoms with Crippen LogP contribution in [0.4, 0.5) is 0 Å². The van der Waals surface area contributed by atoms with Gasteiger partial charge in [-0.15, -0.1) is 0 Å². The molecule has 0 aliphatic rings. The maximum Gasteiger partial charge on any atom is 0.312 e. The molecule has 0 heterocycles. The Labute approximate surface area is 148 Å². The number of amides is 1. The average Bonchev–Trinajstić information content (AvgIpc) is 2.56. The molecule has 7 heteroatoms. The molecule has 0 aliphatic heterocycles. The standard InChI is InChI=1S/C18H29N3O4/c1-18(2,3)15(17(24)20-4)21-16(23)13(19)10-14(22)25-11-12-8-6-5-7-9-12/h5-9,13,15,17,20,24H,10-11,19H2,1-4H3,(H,21,23)/p+1/t13?,15-,17?/m1/s1. The maximum atomic E-state index is 12.3. The predicted octanol–water partition coefficient (Wildman–Crippen LogP) is -0.201. The van der Waals surface area contributed by atoms with Gasteiger partial charge in [0.25, 0.3) is 5.91 Å². The predicted molar refractivity (Wildman–Crippen MR) is 94.0 cm³/mol. The molecule has 7 nitrogen and oxygen atoms in total. The van der Waals surface area contributed by atoms with Gasteiger partial charge in [-0.05, 0) is 18.0 Å². The molecule has 1 aromatic rings. The first-order valence-electron chi connectivity index (χ1n) is 8.33. The van der Waals surface area contributed by atoms with Gasteiger partial charge < -0.3 is 20.9 Å². The van der Waals surface area contributed by atoms with E-state index in [4.69, 9.17) is 4.74 Å². The fourth-order valence-corrected chi connectivity index (χ4v) is 2.30. The summed E-state index contributed by atoms with van der Waals surface area (Å²) in [4.78, 5) is 24.2. The van der Waals surface area contributed by atoms with E-state index in [1.807, 2.05) is 51.1 Å². The molecule has 0 bridgehead atoms. The van der Waals surface area contributed by atoms with Crippen LogP contribution in [0.3, 0.4) is 0 Å². The lowest BCUT2D eigenvalue weighted by atomic mass is 9.85. The number of nitrogens with one attached hydrogen (secondary N) is 2. The number of aliphatic hydroxyl groups is 1. The number of hydrogen-bond acceptors (Lipinski definition) is 5. The van der Waals surface area contributed by atoms with Gasteiger partial charge in [0.1, 0.15) is 19.3 Å². The maximum absolute atomic E-state index is 12.3. The summed E-state index contributed by atoms with van der Waals surface area (Å²) in [5, 5.41) is 15.5. The van der Waals surface area contributed by atoms with Crippen LogP contribution in [0.1, 0.15) is 32.8 Å². The van der Waals surface area contributed by atoms with Crippen LogP contribution in [0.15, 0.2) is 30.3 Å². The van der Waals surface area contributed by atoms with E-state index in [-0.39, 0.29) is 18.4 Å². The Morgan fingerprint density at radius 1 is 1.24 bits per heavy atom. The highest BCUT2D eigenvalue weighted by Gasteiger charge is 2.34. The van der Waals surface area contributed by atoms with E-state index in [1.165, 1.54) is 0 Å². The summed E-state index contributed by atoms with van der Waals surface area (Å²) in [6.45, 7) is 5.89. The minimum absolute atomic E-state index is 0.120. The van der Waals surface area contributed by atoms with Crippen LogP contribution in [0, 0.1) is 5.41 Å². The number of benzene rings is 1. The molecular weight excluding hydrogens is 322 g/mol. The van der Waals surface area contributed by atoms with Crippen molar-refractivity contribution in [3.8, 4) is 0 Å². The van der Waals surface area contributed by atoms with Crippen molar-refractivity contribution in [3.63, 3.8) is 0 Å². The van der Waals surface area contributed by atoms with Crippen LogP contribution in [0.5, 0.6) is 0 Å². The molecule has 0 spiro atoms. The number of rotatable bonds is 8.